The summed E-state index contributed by atoms with van der Waals surface area (Å²) in [6, 6.07) is 8.06. The zero-order valence-corrected chi connectivity index (χ0v) is 21.6. The fourth-order valence-corrected chi connectivity index (χ4v) is 5.80. The summed E-state index contributed by atoms with van der Waals surface area (Å²) < 4.78 is 28.0. The molecule has 40 heavy (non-hydrogen) atoms. The Morgan fingerprint density at radius 3 is 2.65 bits per heavy atom. The van der Waals surface area contributed by atoms with Gasteiger partial charge in [-0.1, -0.05) is 18.2 Å². The van der Waals surface area contributed by atoms with Crippen LogP contribution in [-0.2, 0) is 0 Å². The monoisotopic (exact) mass is 564 g/mol. The number of thiazole rings is 1. The van der Waals surface area contributed by atoms with Crippen molar-refractivity contribution in [1.82, 2.24) is 39.8 Å². The second-order valence-electron chi connectivity index (χ2n) is 9.37. The average Bonchev–Trinajstić information content (AvgIpc) is 3.73. The molecule has 0 radical (unpaired) electrons. The summed E-state index contributed by atoms with van der Waals surface area (Å²) in [5, 5.41) is 21.1. The summed E-state index contributed by atoms with van der Waals surface area (Å²) in [6.07, 6.45) is 5.77. The van der Waals surface area contributed by atoms with Crippen molar-refractivity contribution in [2.75, 3.05) is 0 Å². The van der Waals surface area contributed by atoms with E-state index < -0.39 is 18.3 Å². The molecule has 1 fully saturated rings. The lowest BCUT2D eigenvalue weighted by atomic mass is 9.90. The van der Waals surface area contributed by atoms with Crippen LogP contribution >= 0.6 is 11.3 Å². The number of alkyl halides is 2. The number of imidazole rings is 1. The number of carbonyl (C=O) groups is 2. The highest BCUT2D eigenvalue weighted by Gasteiger charge is 2.30. The molecule has 14 heteroatoms. The third kappa shape index (κ3) is 4.81. The highest BCUT2D eigenvalue weighted by Crippen LogP contribution is 2.37. The number of carboxylic acid groups (broad SMARTS) is 1. The second kappa shape index (κ2) is 10.5. The molecule has 1 aliphatic rings. The molecule has 5 aromatic rings. The Balaban J connectivity index is 1.39. The fourth-order valence-electron chi connectivity index (χ4n) is 5.12. The number of nitrogens with zero attached hydrogens (tertiary/aromatic N) is 7. The lowest BCUT2D eigenvalue weighted by molar-refractivity contribution is 0.0697. The zero-order valence-electron chi connectivity index (χ0n) is 20.8. The van der Waals surface area contributed by atoms with Gasteiger partial charge in [-0.15, -0.1) is 16.1 Å². The minimum absolute atomic E-state index is 0.0102. The van der Waals surface area contributed by atoms with Crippen molar-refractivity contribution in [3.8, 4) is 17.2 Å². The maximum absolute atomic E-state index is 13.0. The molecule has 1 saturated carbocycles. The van der Waals surface area contributed by atoms with Crippen LogP contribution in [0.25, 0.3) is 28.2 Å². The predicted octanol–water partition coefficient (Wildman–Crippen LogP) is 4.69. The van der Waals surface area contributed by atoms with E-state index in [1.165, 1.54) is 10.9 Å². The first-order chi connectivity index (χ1) is 19.4. The fraction of sp³-hybridized carbons (Fsp3) is 0.269. The largest absolute Gasteiger partial charge is 0.478 e. The molecule has 0 saturated heterocycles. The van der Waals surface area contributed by atoms with Crippen molar-refractivity contribution in [3.63, 3.8) is 0 Å². The van der Waals surface area contributed by atoms with Gasteiger partial charge in [-0.25, -0.2) is 28.5 Å². The number of fused-ring (bicyclic) bond motifs is 1. The van der Waals surface area contributed by atoms with Gasteiger partial charge in [0.15, 0.2) is 10.8 Å². The number of aromatic carboxylic acids is 1. The predicted molar refractivity (Wildman–Crippen MR) is 141 cm³/mol. The molecule has 1 amide bonds. The first-order valence-electron chi connectivity index (χ1n) is 12.5. The Kier molecular flexibility index (Phi) is 6.76. The van der Waals surface area contributed by atoms with Gasteiger partial charge in [-0.2, -0.15) is 10.2 Å². The second-order valence-corrected chi connectivity index (χ2v) is 10.4. The number of benzene rings is 1. The molecule has 0 aliphatic heterocycles. The van der Waals surface area contributed by atoms with E-state index in [0.29, 0.717) is 46.9 Å². The molecular weight excluding hydrogens is 542 g/mol. The Hall–Kier alpha value is -4.59. The number of amides is 1. The summed E-state index contributed by atoms with van der Waals surface area (Å²) in [7, 11) is 0. The summed E-state index contributed by atoms with van der Waals surface area (Å²) in [5.41, 5.74) is 1.86. The molecule has 1 aliphatic carbocycles. The molecule has 2 N–H and O–H groups in total. The topological polar surface area (TPSA) is 141 Å². The molecule has 204 valence electrons. The van der Waals surface area contributed by atoms with Crippen LogP contribution in [0.3, 0.4) is 0 Å². The third-order valence-corrected chi connectivity index (χ3v) is 7.87. The first-order valence-corrected chi connectivity index (χ1v) is 13.3. The quantitative estimate of drug-likeness (QED) is 0.290. The molecule has 1 aromatic carbocycles. The normalized spacial score (nSPS) is 17.4. The molecule has 4 aromatic heterocycles. The number of aromatic nitrogens is 7. The van der Waals surface area contributed by atoms with E-state index in [1.54, 1.807) is 42.9 Å². The van der Waals surface area contributed by atoms with Gasteiger partial charge in [0.1, 0.15) is 11.3 Å². The van der Waals surface area contributed by atoms with Crippen molar-refractivity contribution in [2.24, 2.45) is 0 Å². The summed E-state index contributed by atoms with van der Waals surface area (Å²) >= 11 is 0.677. The zero-order chi connectivity index (χ0) is 27.8. The number of carbonyl (C=O) groups excluding carboxylic acids is 1. The summed E-state index contributed by atoms with van der Waals surface area (Å²) in [4.78, 5) is 39.1. The number of halogens is 2. The van der Waals surface area contributed by atoms with Gasteiger partial charge >= 0.3 is 5.97 Å². The number of carboxylic acids is 1. The van der Waals surface area contributed by atoms with Gasteiger partial charge in [-0.3, -0.25) is 4.79 Å². The molecule has 0 bridgehead atoms. The molecule has 2 unspecified atom stereocenters. The summed E-state index contributed by atoms with van der Waals surface area (Å²) in [5.74, 6) is -0.630. The van der Waals surface area contributed by atoms with Crippen molar-refractivity contribution in [2.45, 2.75) is 44.2 Å². The third-order valence-electron chi connectivity index (χ3n) is 6.86. The van der Waals surface area contributed by atoms with E-state index in [4.69, 9.17) is 4.98 Å². The Morgan fingerprint density at radius 1 is 1.10 bits per heavy atom. The van der Waals surface area contributed by atoms with E-state index in [9.17, 15) is 23.5 Å². The SMILES string of the molecule is O=C(NC1CCCC(n2c(-c3ccccc3C(=O)O)nc3cnc(-n4nccn4)cc32)C1)c1ncc(C(F)F)s1. The van der Waals surface area contributed by atoms with Crippen LogP contribution in [0.2, 0.25) is 0 Å². The standard InChI is InChI=1S/C26H22F2N8O3S/c27-22(28)20-13-30-25(40-20)24(37)33-14-4-3-5-15(10-14)35-19-11-21(36-31-8-9-32-36)29-12-18(19)34-23(35)16-6-1-2-7-17(16)26(38)39/h1-2,6-9,11-15,22H,3-5,10H2,(H,33,37)(H,38,39). The smallest absolute Gasteiger partial charge is 0.336 e. The average molecular weight is 565 g/mol. The van der Waals surface area contributed by atoms with Gasteiger partial charge in [-0.05, 0) is 31.7 Å². The lowest BCUT2D eigenvalue weighted by Crippen LogP contribution is -2.39. The highest BCUT2D eigenvalue weighted by molar-refractivity contribution is 7.13. The van der Waals surface area contributed by atoms with Crippen molar-refractivity contribution in [3.05, 3.63) is 70.6 Å². The molecule has 6 rings (SSSR count). The first kappa shape index (κ1) is 25.7. The molecule has 2 atom stereocenters. The van der Waals surface area contributed by atoms with E-state index in [2.05, 4.69) is 25.5 Å². The Morgan fingerprint density at radius 2 is 1.90 bits per heavy atom. The maximum Gasteiger partial charge on any atom is 0.336 e. The van der Waals surface area contributed by atoms with Crippen LogP contribution in [0, 0.1) is 0 Å². The number of hydrogen-bond acceptors (Lipinski definition) is 8. The number of rotatable bonds is 7. The number of pyridine rings is 1. The van der Waals surface area contributed by atoms with Crippen LogP contribution in [0.4, 0.5) is 8.78 Å². The Bertz CT molecular complexity index is 1700. The van der Waals surface area contributed by atoms with Crippen LogP contribution < -0.4 is 5.32 Å². The van der Waals surface area contributed by atoms with Crippen LogP contribution in [0.1, 0.15) is 63.2 Å². The van der Waals surface area contributed by atoms with E-state index in [1.807, 2.05) is 4.57 Å². The lowest BCUT2D eigenvalue weighted by Gasteiger charge is -2.32. The van der Waals surface area contributed by atoms with Gasteiger partial charge in [0.05, 0.1) is 34.5 Å². The number of hydrogen-bond donors (Lipinski definition) is 2. The summed E-state index contributed by atoms with van der Waals surface area (Å²) in [6.45, 7) is 0. The maximum atomic E-state index is 13.0. The van der Waals surface area contributed by atoms with Crippen molar-refractivity contribution < 1.29 is 23.5 Å². The van der Waals surface area contributed by atoms with Crippen LogP contribution in [0.15, 0.2) is 55.1 Å². The van der Waals surface area contributed by atoms with E-state index in [0.717, 1.165) is 24.6 Å². The minimum Gasteiger partial charge on any atom is -0.478 e. The molecule has 0 spiro atoms. The van der Waals surface area contributed by atoms with Gasteiger partial charge < -0.3 is 15.0 Å². The molecule has 11 nitrogen and oxygen atoms in total. The molecular formula is C26H22F2N8O3S. The highest BCUT2D eigenvalue weighted by atomic mass is 32.1. The van der Waals surface area contributed by atoms with E-state index in [-0.39, 0.29) is 27.5 Å². The van der Waals surface area contributed by atoms with E-state index >= 15 is 0 Å². The van der Waals surface area contributed by atoms with Gasteiger partial charge in [0.25, 0.3) is 12.3 Å². The molecule has 4 heterocycles. The Labute approximate surface area is 229 Å². The van der Waals surface area contributed by atoms with Crippen LogP contribution in [0.5, 0.6) is 0 Å². The van der Waals surface area contributed by atoms with Crippen molar-refractivity contribution in [1.29, 1.82) is 0 Å². The van der Waals surface area contributed by atoms with Gasteiger partial charge in [0.2, 0.25) is 0 Å². The van der Waals surface area contributed by atoms with Gasteiger partial charge in [0, 0.05) is 29.9 Å². The minimum atomic E-state index is -2.68. The number of nitrogens with one attached hydrogen (secondary N) is 1. The van der Waals surface area contributed by atoms with Crippen molar-refractivity contribution >= 4 is 34.2 Å². The van der Waals surface area contributed by atoms with Crippen LogP contribution in [-0.4, -0.2) is 57.5 Å².